The minimum atomic E-state index is 0.731. The minimum absolute atomic E-state index is 0.731. The van der Waals surface area contributed by atoms with Gasteiger partial charge in [-0.2, -0.15) is 0 Å². The second-order valence-electron chi connectivity index (χ2n) is 7.03. The van der Waals surface area contributed by atoms with E-state index in [9.17, 15) is 0 Å². The molecule has 0 N–H and O–H groups in total. The molecule has 0 spiro atoms. The predicted molar refractivity (Wildman–Crippen MR) is 109 cm³/mol. The Kier molecular flexibility index (Phi) is 5.41. The lowest BCUT2D eigenvalue weighted by molar-refractivity contribution is 0.753. The molecule has 0 saturated heterocycles. The van der Waals surface area contributed by atoms with Crippen molar-refractivity contribution in [3.05, 3.63) is 54.1 Å². The topological polar surface area (TPSA) is 74.3 Å². The summed E-state index contributed by atoms with van der Waals surface area (Å²) in [5.74, 6) is 0.731. The first kappa shape index (κ1) is 18.3. The lowest BCUT2D eigenvalue weighted by Gasteiger charge is -2.08. The Bertz CT molecular complexity index is 1060. The molecular formula is C21H25N7. The Morgan fingerprint density at radius 1 is 0.821 bits per heavy atom. The number of aromatic nitrogens is 7. The van der Waals surface area contributed by atoms with E-state index in [0.717, 1.165) is 72.3 Å². The van der Waals surface area contributed by atoms with Gasteiger partial charge in [0.05, 0.1) is 35.0 Å². The predicted octanol–water partition coefficient (Wildman–Crippen LogP) is 4.08. The second-order valence-corrected chi connectivity index (χ2v) is 7.03. The van der Waals surface area contributed by atoms with Gasteiger partial charge in [-0.25, -0.2) is 14.3 Å². The van der Waals surface area contributed by atoms with Crippen LogP contribution >= 0.6 is 0 Å². The maximum atomic E-state index is 4.78. The van der Waals surface area contributed by atoms with Crippen molar-refractivity contribution in [2.75, 3.05) is 0 Å². The van der Waals surface area contributed by atoms with Gasteiger partial charge in [-0.05, 0) is 31.7 Å². The van der Waals surface area contributed by atoms with Gasteiger partial charge in [0.2, 0.25) is 0 Å². The first-order valence-electron chi connectivity index (χ1n) is 10.0. The van der Waals surface area contributed by atoms with Crippen LogP contribution in [0.4, 0.5) is 0 Å². The molecule has 0 aliphatic rings. The van der Waals surface area contributed by atoms with E-state index < -0.39 is 0 Å². The standard InChI is InChI=1S/C21H25N7/c1-3-5-9-16-14-27(25-23-16)20-13-21(22-19-12-8-7-11-18(19)20)28-15-17(24-26-28)10-6-4-2/h7-8,11-15H,3-6,9-10H2,1-2H3. The van der Waals surface area contributed by atoms with Crippen LogP contribution in [0.15, 0.2) is 42.7 Å². The number of hydrogen-bond acceptors (Lipinski definition) is 5. The summed E-state index contributed by atoms with van der Waals surface area (Å²) >= 11 is 0. The summed E-state index contributed by atoms with van der Waals surface area (Å²) in [5, 5.41) is 18.3. The molecule has 0 amide bonds. The van der Waals surface area contributed by atoms with E-state index in [2.05, 4.69) is 40.5 Å². The highest BCUT2D eigenvalue weighted by Gasteiger charge is 2.12. The van der Waals surface area contributed by atoms with Gasteiger partial charge in [0.15, 0.2) is 5.82 Å². The van der Waals surface area contributed by atoms with E-state index in [1.807, 2.05) is 41.3 Å². The molecule has 3 heterocycles. The average molecular weight is 375 g/mol. The summed E-state index contributed by atoms with van der Waals surface area (Å²) < 4.78 is 3.59. The fourth-order valence-electron chi connectivity index (χ4n) is 3.22. The highest BCUT2D eigenvalue weighted by Crippen LogP contribution is 2.23. The molecule has 0 atom stereocenters. The van der Waals surface area contributed by atoms with Crippen molar-refractivity contribution in [3.8, 4) is 11.5 Å². The fraction of sp³-hybridized carbons (Fsp3) is 0.381. The zero-order valence-corrected chi connectivity index (χ0v) is 16.4. The van der Waals surface area contributed by atoms with Gasteiger partial charge < -0.3 is 0 Å². The maximum absolute atomic E-state index is 4.78. The average Bonchev–Trinajstić information content (AvgIpc) is 3.39. The van der Waals surface area contributed by atoms with Crippen molar-refractivity contribution in [2.45, 2.75) is 52.4 Å². The van der Waals surface area contributed by atoms with E-state index in [0.29, 0.717) is 0 Å². The number of unbranched alkanes of at least 4 members (excludes halogenated alkanes) is 2. The second kappa shape index (κ2) is 8.29. The van der Waals surface area contributed by atoms with Crippen molar-refractivity contribution in [2.24, 2.45) is 0 Å². The van der Waals surface area contributed by atoms with Gasteiger partial charge in [0.1, 0.15) is 0 Å². The van der Waals surface area contributed by atoms with Gasteiger partial charge in [-0.15, -0.1) is 10.2 Å². The van der Waals surface area contributed by atoms with Gasteiger partial charge in [0, 0.05) is 11.5 Å². The third-order valence-corrected chi connectivity index (χ3v) is 4.82. The lowest BCUT2D eigenvalue weighted by Crippen LogP contribution is -2.04. The number of aryl methyl sites for hydroxylation is 2. The van der Waals surface area contributed by atoms with E-state index in [-0.39, 0.29) is 0 Å². The normalized spacial score (nSPS) is 11.4. The van der Waals surface area contributed by atoms with E-state index >= 15 is 0 Å². The van der Waals surface area contributed by atoms with E-state index in [1.165, 1.54) is 0 Å². The number of pyridine rings is 1. The molecule has 3 aromatic heterocycles. The number of fused-ring (bicyclic) bond motifs is 1. The van der Waals surface area contributed by atoms with Crippen LogP contribution in [0.3, 0.4) is 0 Å². The Labute approximate surface area is 164 Å². The van der Waals surface area contributed by atoms with Crippen LogP contribution in [0.1, 0.15) is 50.9 Å². The molecule has 7 heteroatoms. The maximum Gasteiger partial charge on any atom is 0.157 e. The third kappa shape index (κ3) is 3.78. The Morgan fingerprint density at radius 2 is 1.46 bits per heavy atom. The Balaban J connectivity index is 1.75. The van der Waals surface area contributed by atoms with Crippen LogP contribution < -0.4 is 0 Å². The molecular weight excluding hydrogens is 350 g/mol. The summed E-state index contributed by atoms with van der Waals surface area (Å²) in [6, 6.07) is 10.1. The van der Waals surface area contributed by atoms with Crippen LogP contribution in [0.5, 0.6) is 0 Å². The largest absolute Gasteiger partial charge is 0.228 e. The molecule has 0 bridgehead atoms. The summed E-state index contributed by atoms with van der Waals surface area (Å²) in [7, 11) is 0. The van der Waals surface area contributed by atoms with Crippen LogP contribution in [0, 0.1) is 0 Å². The molecule has 1 aromatic carbocycles. The Morgan fingerprint density at radius 3 is 2.18 bits per heavy atom. The molecule has 4 rings (SSSR count). The van der Waals surface area contributed by atoms with Crippen molar-refractivity contribution in [1.29, 1.82) is 0 Å². The summed E-state index contributed by atoms with van der Waals surface area (Å²) in [4.78, 5) is 4.78. The number of benzene rings is 1. The minimum Gasteiger partial charge on any atom is -0.228 e. The van der Waals surface area contributed by atoms with E-state index in [1.54, 1.807) is 4.68 Å². The number of para-hydroxylation sites is 1. The molecule has 0 fully saturated rings. The van der Waals surface area contributed by atoms with Gasteiger partial charge in [-0.1, -0.05) is 55.3 Å². The smallest absolute Gasteiger partial charge is 0.157 e. The monoisotopic (exact) mass is 375 g/mol. The molecule has 0 saturated carbocycles. The van der Waals surface area contributed by atoms with Gasteiger partial charge >= 0.3 is 0 Å². The van der Waals surface area contributed by atoms with Crippen LogP contribution in [-0.2, 0) is 12.8 Å². The van der Waals surface area contributed by atoms with Crippen molar-refractivity contribution >= 4 is 10.9 Å². The molecule has 28 heavy (non-hydrogen) atoms. The first-order chi connectivity index (χ1) is 13.8. The lowest BCUT2D eigenvalue weighted by atomic mass is 10.2. The number of nitrogens with zero attached hydrogens (tertiary/aromatic N) is 7. The molecule has 0 unspecified atom stereocenters. The molecule has 0 radical (unpaired) electrons. The zero-order chi connectivity index (χ0) is 19.3. The van der Waals surface area contributed by atoms with Crippen LogP contribution in [0.2, 0.25) is 0 Å². The molecule has 144 valence electrons. The third-order valence-electron chi connectivity index (χ3n) is 4.82. The zero-order valence-electron chi connectivity index (χ0n) is 16.4. The van der Waals surface area contributed by atoms with Gasteiger partial charge in [0.25, 0.3) is 0 Å². The SMILES string of the molecule is CCCCc1cn(-c2cc(-n3cc(CCCC)nn3)c3ccccc3n2)nn1. The van der Waals surface area contributed by atoms with Crippen molar-refractivity contribution in [1.82, 2.24) is 35.0 Å². The highest BCUT2D eigenvalue weighted by atomic mass is 15.4. The number of rotatable bonds is 8. The number of hydrogen-bond donors (Lipinski definition) is 0. The summed E-state index contributed by atoms with van der Waals surface area (Å²) in [6.07, 6.45) is 10.3. The van der Waals surface area contributed by atoms with Crippen LogP contribution in [-0.4, -0.2) is 35.0 Å². The fourth-order valence-corrected chi connectivity index (χ4v) is 3.22. The van der Waals surface area contributed by atoms with Crippen LogP contribution in [0.25, 0.3) is 22.4 Å². The quantitative estimate of drug-likeness (QED) is 0.464. The first-order valence-corrected chi connectivity index (χ1v) is 10.0. The van der Waals surface area contributed by atoms with Crippen molar-refractivity contribution < 1.29 is 0 Å². The molecule has 4 aromatic rings. The summed E-state index contributed by atoms with van der Waals surface area (Å²) in [5.41, 5.74) is 3.83. The molecule has 0 aliphatic heterocycles. The summed E-state index contributed by atoms with van der Waals surface area (Å²) in [6.45, 7) is 4.36. The van der Waals surface area contributed by atoms with Crippen molar-refractivity contribution in [3.63, 3.8) is 0 Å². The molecule has 0 aliphatic carbocycles. The van der Waals surface area contributed by atoms with E-state index in [4.69, 9.17) is 4.98 Å². The van der Waals surface area contributed by atoms with Gasteiger partial charge in [-0.3, -0.25) is 0 Å². The Hall–Kier alpha value is -3.09. The highest BCUT2D eigenvalue weighted by molar-refractivity contribution is 5.88. The molecule has 7 nitrogen and oxygen atoms in total.